The highest BCUT2D eigenvalue weighted by Gasteiger charge is 2.43. The average molecular weight is 186 g/mol. The fourth-order valence-corrected chi connectivity index (χ4v) is 2.12. The van der Waals surface area contributed by atoms with Crippen molar-refractivity contribution < 1.29 is 5.11 Å². The van der Waals surface area contributed by atoms with Crippen LogP contribution in [0.2, 0.25) is 0 Å². The maximum atomic E-state index is 8.72. The van der Waals surface area contributed by atoms with Crippen molar-refractivity contribution >= 4 is 0 Å². The largest absolute Gasteiger partial charge is 0.395 e. The number of hydrogen-bond acceptors (Lipinski definition) is 3. The first-order chi connectivity index (χ1) is 6.13. The van der Waals surface area contributed by atoms with Crippen LogP contribution in [0.3, 0.4) is 0 Å². The number of β-amino-alcohol motifs (C(OH)–C–C–N with tert-alkyl or cyclic N) is 1. The van der Waals surface area contributed by atoms with Crippen molar-refractivity contribution in [3.05, 3.63) is 0 Å². The topological polar surface area (TPSA) is 58.3 Å². The number of hydrogen-bond donors (Lipinski definition) is 3. The summed E-state index contributed by atoms with van der Waals surface area (Å²) in [6.45, 7) is 6.08. The Hall–Kier alpha value is -0.120. The van der Waals surface area contributed by atoms with E-state index in [4.69, 9.17) is 10.8 Å². The smallest absolute Gasteiger partial charge is 0.0556 e. The molecule has 3 nitrogen and oxygen atoms in total. The van der Waals surface area contributed by atoms with Crippen LogP contribution in [0.5, 0.6) is 0 Å². The fraction of sp³-hybridized carbons (Fsp3) is 1.00. The Balaban J connectivity index is 2.31. The quantitative estimate of drug-likeness (QED) is 0.580. The van der Waals surface area contributed by atoms with Gasteiger partial charge in [0, 0.05) is 18.6 Å². The minimum atomic E-state index is 0.137. The van der Waals surface area contributed by atoms with Crippen LogP contribution in [-0.4, -0.2) is 30.3 Å². The van der Waals surface area contributed by atoms with Gasteiger partial charge >= 0.3 is 0 Å². The first kappa shape index (κ1) is 11.0. The van der Waals surface area contributed by atoms with E-state index in [9.17, 15) is 0 Å². The summed E-state index contributed by atoms with van der Waals surface area (Å²) in [6.07, 6.45) is 2.34. The fourth-order valence-electron chi connectivity index (χ4n) is 2.12. The zero-order valence-corrected chi connectivity index (χ0v) is 8.71. The molecule has 0 spiro atoms. The summed E-state index contributed by atoms with van der Waals surface area (Å²) in [5, 5.41) is 12.1. The summed E-state index contributed by atoms with van der Waals surface area (Å²) in [4.78, 5) is 0. The highest BCUT2D eigenvalue weighted by molar-refractivity contribution is 5.02. The molecule has 0 amide bonds. The van der Waals surface area contributed by atoms with Crippen molar-refractivity contribution in [3.63, 3.8) is 0 Å². The number of aliphatic hydroxyl groups is 1. The molecule has 0 heterocycles. The standard InChI is InChI=1S/C10H22N2O/c1-8(2)9-5-10(6-9,7-11)12-3-4-13/h8-9,12-13H,3-7,11H2,1-2H3. The number of nitrogens with one attached hydrogen (secondary N) is 1. The number of nitrogens with two attached hydrogens (primary N) is 1. The van der Waals surface area contributed by atoms with Gasteiger partial charge in [-0.05, 0) is 24.7 Å². The molecule has 0 saturated heterocycles. The van der Waals surface area contributed by atoms with E-state index in [1.165, 1.54) is 12.8 Å². The van der Waals surface area contributed by atoms with Gasteiger partial charge in [0.05, 0.1) is 6.61 Å². The monoisotopic (exact) mass is 186 g/mol. The van der Waals surface area contributed by atoms with E-state index in [1.807, 2.05) is 0 Å². The van der Waals surface area contributed by atoms with E-state index < -0.39 is 0 Å². The molecule has 1 aliphatic rings. The summed E-state index contributed by atoms with van der Waals surface area (Å²) in [5.41, 5.74) is 5.86. The van der Waals surface area contributed by atoms with Crippen molar-refractivity contribution in [3.8, 4) is 0 Å². The molecule has 3 heteroatoms. The van der Waals surface area contributed by atoms with Crippen LogP contribution in [0.15, 0.2) is 0 Å². The zero-order valence-electron chi connectivity index (χ0n) is 8.71. The molecule has 0 aliphatic heterocycles. The second-order valence-corrected chi connectivity index (χ2v) is 4.55. The molecule has 0 unspecified atom stereocenters. The molecule has 0 atom stereocenters. The Labute approximate surface area is 80.7 Å². The summed E-state index contributed by atoms with van der Waals surface area (Å²) in [5.74, 6) is 1.57. The van der Waals surface area contributed by atoms with Gasteiger partial charge in [-0.15, -0.1) is 0 Å². The van der Waals surface area contributed by atoms with Gasteiger partial charge in [0.2, 0.25) is 0 Å². The molecule has 0 radical (unpaired) electrons. The molecule has 0 aromatic rings. The molecular formula is C10H22N2O. The summed E-state index contributed by atoms with van der Waals surface area (Å²) >= 11 is 0. The van der Waals surface area contributed by atoms with Crippen molar-refractivity contribution in [2.45, 2.75) is 32.2 Å². The summed E-state index contributed by atoms with van der Waals surface area (Å²) in [6, 6.07) is 0. The van der Waals surface area contributed by atoms with Gasteiger partial charge in [0.15, 0.2) is 0 Å². The molecule has 1 fully saturated rings. The molecule has 1 saturated carbocycles. The van der Waals surface area contributed by atoms with E-state index in [0.717, 1.165) is 11.8 Å². The van der Waals surface area contributed by atoms with Gasteiger partial charge in [-0.1, -0.05) is 13.8 Å². The van der Waals surface area contributed by atoms with E-state index in [0.29, 0.717) is 13.1 Å². The SMILES string of the molecule is CC(C)C1CC(CN)(NCCO)C1. The second-order valence-electron chi connectivity index (χ2n) is 4.55. The van der Waals surface area contributed by atoms with Crippen LogP contribution >= 0.6 is 0 Å². The molecule has 13 heavy (non-hydrogen) atoms. The second kappa shape index (κ2) is 4.40. The molecule has 0 aromatic heterocycles. The number of aliphatic hydroxyl groups excluding tert-OH is 1. The maximum absolute atomic E-state index is 8.72. The van der Waals surface area contributed by atoms with Crippen molar-refractivity contribution in [2.75, 3.05) is 19.7 Å². The Bertz CT molecular complexity index is 153. The van der Waals surface area contributed by atoms with Crippen molar-refractivity contribution in [1.29, 1.82) is 0 Å². The highest BCUT2D eigenvalue weighted by Crippen LogP contribution is 2.41. The Morgan fingerprint density at radius 1 is 1.54 bits per heavy atom. The van der Waals surface area contributed by atoms with Gasteiger partial charge in [0.1, 0.15) is 0 Å². The predicted molar refractivity (Wildman–Crippen MR) is 54.4 cm³/mol. The van der Waals surface area contributed by atoms with Crippen molar-refractivity contribution in [2.24, 2.45) is 17.6 Å². The van der Waals surface area contributed by atoms with Gasteiger partial charge in [-0.2, -0.15) is 0 Å². The first-order valence-electron chi connectivity index (χ1n) is 5.19. The number of rotatable bonds is 5. The third-order valence-corrected chi connectivity index (χ3v) is 3.25. The Morgan fingerprint density at radius 2 is 2.15 bits per heavy atom. The summed E-state index contributed by atoms with van der Waals surface area (Å²) in [7, 11) is 0. The molecule has 1 aliphatic carbocycles. The minimum Gasteiger partial charge on any atom is -0.395 e. The minimum absolute atomic E-state index is 0.137. The van der Waals surface area contributed by atoms with Crippen LogP contribution in [0.4, 0.5) is 0 Å². The highest BCUT2D eigenvalue weighted by atomic mass is 16.3. The lowest BCUT2D eigenvalue weighted by Gasteiger charge is -2.49. The van der Waals surface area contributed by atoms with E-state index in [-0.39, 0.29) is 12.1 Å². The lowest BCUT2D eigenvalue weighted by molar-refractivity contribution is 0.0721. The maximum Gasteiger partial charge on any atom is 0.0556 e. The lowest BCUT2D eigenvalue weighted by Crippen LogP contribution is -2.61. The van der Waals surface area contributed by atoms with Crippen LogP contribution in [0, 0.1) is 11.8 Å². The average Bonchev–Trinajstić information content (AvgIpc) is 2.03. The van der Waals surface area contributed by atoms with Gasteiger partial charge < -0.3 is 16.2 Å². The molecule has 1 rings (SSSR count). The van der Waals surface area contributed by atoms with E-state index in [1.54, 1.807) is 0 Å². The van der Waals surface area contributed by atoms with Crippen LogP contribution < -0.4 is 11.1 Å². The molecule has 0 bridgehead atoms. The van der Waals surface area contributed by atoms with Gasteiger partial charge in [0.25, 0.3) is 0 Å². The summed E-state index contributed by atoms with van der Waals surface area (Å²) < 4.78 is 0. The van der Waals surface area contributed by atoms with Crippen LogP contribution in [-0.2, 0) is 0 Å². The molecular weight excluding hydrogens is 164 g/mol. The van der Waals surface area contributed by atoms with Crippen molar-refractivity contribution in [1.82, 2.24) is 5.32 Å². The van der Waals surface area contributed by atoms with Crippen LogP contribution in [0.1, 0.15) is 26.7 Å². The zero-order chi connectivity index (χ0) is 9.90. The van der Waals surface area contributed by atoms with E-state index in [2.05, 4.69) is 19.2 Å². The van der Waals surface area contributed by atoms with Gasteiger partial charge in [-0.25, -0.2) is 0 Å². The molecule has 0 aromatic carbocycles. The molecule has 4 N–H and O–H groups in total. The van der Waals surface area contributed by atoms with E-state index >= 15 is 0 Å². The Kier molecular flexibility index (Phi) is 3.71. The van der Waals surface area contributed by atoms with Gasteiger partial charge in [-0.3, -0.25) is 0 Å². The normalized spacial score (nSPS) is 33.5. The lowest BCUT2D eigenvalue weighted by atomic mass is 9.64. The third-order valence-electron chi connectivity index (χ3n) is 3.25. The van der Waals surface area contributed by atoms with Crippen LogP contribution in [0.25, 0.3) is 0 Å². The predicted octanol–water partition coefficient (Wildman–Crippen LogP) is 0.332. The Morgan fingerprint density at radius 3 is 2.54 bits per heavy atom. The first-order valence-corrected chi connectivity index (χ1v) is 5.19. The third kappa shape index (κ3) is 2.42. The molecule has 78 valence electrons.